The molecule has 2 unspecified atom stereocenters. The lowest BCUT2D eigenvalue weighted by Crippen LogP contribution is -2.43. The molecule has 2 fully saturated rings. The van der Waals surface area contributed by atoms with Crippen LogP contribution in [0.3, 0.4) is 0 Å². The van der Waals surface area contributed by atoms with Gasteiger partial charge in [0, 0.05) is 49.4 Å². The van der Waals surface area contributed by atoms with Gasteiger partial charge in [-0.05, 0) is 30.0 Å². The lowest BCUT2D eigenvalue weighted by atomic mass is 9.96. The monoisotopic (exact) mass is 431 g/mol. The van der Waals surface area contributed by atoms with E-state index in [-0.39, 0.29) is 22.6 Å². The number of terminal acetylenes is 1. The van der Waals surface area contributed by atoms with Crippen molar-refractivity contribution in [1.29, 1.82) is 0 Å². The highest BCUT2D eigenvalue weighted by Crippen LogP contribution is 2.40. The zero-order chi connectivity index (χ0) is 22.1. The molecule has 0 aliphatic carbocycles. The van der Waals surface area contributed by atoms with Gasteiger partial charge in [0.15, 0.2) is 11.6 Å². The van der Waals surface area contributed by atoms with Crippen molar-refractivity contribution in [1.82, 2.24) is 20.1 Å². The number of aromatic nitrogens is 3. The van der Waals surface area contributed by atoms with E-state index in [1.807, 2.05) is 0 Å². The Balaban J connectivity index is 1.60. The summed E-state index contributed by atoms with van der Waals surface area (Å²) in [5.74, 6) is 1.80. The highest BCUT2D eigenvalue weighted by molar-refractivity contribution is 6.03. The molecule has 32 heavy (non-hydrogen) atoms. The van der Waals surface area contributed by atoms with Crippen molar-refractivity contribution in [3.05, 3.63) is 47.7 Å². The molecule has 4 heterocycles. The van der Waals surface area contributed by atoms with Gasteiger partial charge in [-0.1, -0.05) is 12.0 Å². The molecule has 2 bridgehead atoms. The molecule has 6 nitrogen and oxygen atoms in total. The Bertz CT molecular complexity index is 1470. The van der Waals surface area contributed by atoms with Crippen molar-refractivity contribution in [3.8, 4) is 29.4 Å². The molecule has 0 spiro atoms. The highest BCUT2D eigenvalue weighted by atomic mass is 19.1. The van der Waals surface area contributed by atoms with Gasteiger partial charge >= 0.3 is 0 Å². The van der Waals surface area contributed by atoms with Gasteiger partial charge in [-0.25, -0.2) is 8.78 Å². The summed E-state index contributed by atoms with van der Waals surface area (Å²) in [4.78, 5) is 6.62. The fraction of sp³-hybridized carbons (Fsp3) is 0.250. The maximum atomic E-state index is 15.9. The summed E-state index contributed by atoms with van der Waals surface area (Å²) >= 11 is 0. The minimum atomic E-state index is -0.592. The third-order valence-corrected chi connectivity index (χ3v) is 6.58. The third-order valence-electron chi connectivity index (χ3n) is 6.58. The quantitative estimate of drug-likeness (QED) is 0.477. The smallest absolute Gasteiger partial charge is 0.175 e. The molecule has 6 rings (SSSR count). The number of phenols is 1. The third kappa shape index (κ3) is 2.55. The van der Waals surface area contributed by atoms with E-state index in [0.717, 1.165) is 19.5 Å². The van der Waals surface area contributed by atoms with Crippen LogP contribution in [0.5, 0.6) is 5.75 Å². The lowest BCUT2D eigenvalue weighted by Gasteiger charge is -2.27. The average molecular weight is 431 g/mol. The maximum absolute atomic E-state index is 15.9. The summed E-state index contributed by atoms with van der Waals surface area (Å²) in [5, 5.41) is 19.8. The number of halogens is 2. The zero-order valence-electron chi connectivity index (χ0n) is 17.2. The lowest BCUT2D eigenvalue weighted by molar-refractivity contribution is 0.476. The molecular weight excluding hydrogens is 412 g/mol. The number of phenolic OH excluding ortho intramolecular Hbond substituents is 1. The molecule has 2 saturated heterocycles. The predicted octanol–water partition coefficient (Wildman–Crippen LogP) is 3.30. The Morgan fingerprint density at radius 2 is 2.12 bits per heavy atom. The fourth-order valence-corrected chi connectivity index (χ4v) is 5.18. The number of nitrogens with zero attached hydrogens (tertiary/aromatic N) is 4. The number of hydrogen-bond acceptors (Lipinski definition) is 5. The van der Waals surface area contributed by atoms with Crippen LogP contribution in [0.1, 0.15) is 12.0 Å². The Labute approximate surface area is 182 Å². The predicted molar refractivity (Wildman–Crippen MR) is 119 cm³/mol. The second kappa shape index (κ2) is 6.65. The number of hydrogen-bond donors (Lipinski definition) is 2. The molecule has 2 atom stereocenters. The Morgan fingerprint density at radius 3 is 2.84 bits per heavy atom. The van der Waals surface area contributed by atoms with Crippen molar-refractivity contribution in [2.24, 2.45) is 7.05 Å². The van der Waals surface area contributed by atoms with Crippen molar-refractivity contribution >= 4 is 27.5 Å². The van der Waals surface area contributed by atoms with Crippen LogP contribution in [0.4, 0.5) is 14.6 Å². The molecule has 2 aromatic carbocycles. The van der Waals surface area contributed by atoms with Crippen LogP contribution in [-0.4, -0.2) is 45.0 Å². The van der Waals surface area contributed by atoms with E-state index in [0.29, 0.717) is 39.6 Å². The topological polar surface area (TPSA) is 66.2 Å². The van der Waals surface area contributed by atoms with Gasteiger partial charge in [-0.3, -0.25) is 9.67 Å². The van der Waals surface area contributed by atoms with Crippen LogP contribution in [-0.2, 0) is 7.05 Å². The van der Waals surface area contributed by atoms with E-state index in [9.17, 15) is 9.50 Å². The number of nitrogens with one attached hydrogen (secondary N) is 1. The van der Waals surface area contributed by atoms with Crippen LogP contribution in [0, 0.1) is 24.0 Å². The van der Waals surface area contributed by atoms with E-state index in [2.05, 4.69) is 26.2 Å². The van der Waals surface area contributed by atoms with E-state index in [4.69, 9.17) is 6.42 Å². The Kier molecular flexibility index (Phi) is 3.95. The first kappa shape index (κ1) is 19.0. The molecular formula is C24H19F2N5O. The Hall–Kier alpha value is -3.70. The van der Waals surface area contributed by atoms with Crippen molar-refractivity contribution in [2.75, 3.05) is 18.0 Å². The number of aromatic hydroxyl groups is 1. The number of pyridine rings is 1. The zero-order valence-corrected chi connectivity index (χ0v) is 17.2. The number of benzene rings is 2. The first-order valence-corrected chi connectivity index (χ1v) is 10.4. The minimum Gasteiger partial charge on any atom is -0.508 e. The first-order valence-electron chi connectivity index (χ1n) is 10.4. The molecule has 2 aliphatic rings. The van der Waals surface area contributed by atoms with Gasteiger partial charge in [-0.15, -0.1) is 6.42 Å². The standard InChI is InChI=1S/C24H19F2N5O/c1-3-16-19(25)5-4-12-6-15(32)8-17(20(12)16)22-21(26)23-18(10-28-22)24(29-30(23)2)31-11-13-7-14(31)9-27-13/h1,4-6,8,10,13-14,27,32H,7,9,11H2,2H3. The second-order valence-electron chi connectivity index (χ2n) is 8.44. The van der Waals surface area contributed by atoms with E-state index in [1.165, 1.54) is 28.9 Å². The average Bonchev–Trinajstić information content (AvgIpc) is 3.48. The minimum absolute atomic E-state index is 0.00471. The van der Waals surface area contributed by atoms with Gasteiger partial charge in [0.1, 0.15) is 22.8 Å². The highest BCUT2D eigenvalue weighted by Gasteiger charge is 2.39. The van der Waals surface area contributed by atoms with Crippen LogP contribution in [0.15, 0.2) is 30.5 Å². The molecule has 4 aromatic rings. The molecule has 2 N–H and O–H groups in total. The molecule has 8 heteroatoms. The van der Waals surface area contributed by atoms with Crippen molar-refractivity contribution in [2.45, 2.75) is 18.5 Å². The molecule has 2 aliphatic heterocycles. The SMILES string of the molecule is C#Cc1c(F)ccc2cc(O)cc(-c3ncc4c(N5CC6CC5CN6)nn(C)c4c3F)c12. The van der Waals surface area contributed by atoms with Crippen molar-refractivity contribution < 1.29 is 13.9 Å². The van der Waals surface area contributed by atoms with E-state index >= 15 is 4.39 Å². The summed E-state index contributed by atoms with van der Waals surface area (Å²) in [5.41, 5.74) is 0.527. The van der Waals surface area contributed by atoms with Crippen LogP contribution in [0.2, 0.25) is 0 Å². The number of rotatable bonds is 2. The van der Waals surface area contributed by atoms with Crippen LogP contribution in [0.25, 0.3) is 32.9 Å². The fourth-order valence-electron chi connectivity index (χ4n) is 5.18. The largest absolute Gasteiger partial charge is 0.508 e. The summed E-state index contributed by atoms with van der Waals surface area (Å²) in [6, 6.07) is 6.32. The first-order chi connectivity index (χ1) is 15.5. The summed E-state index contributed by atoms with van der Waals surface area (Å²) in [6.45, 7) is 1.70. The van der Waals surface area contributed by atoms with Gasteiger partial charge in [0.25, 0.3) is 0 Å². The molecule has 0 saturated carbocycles. The van der Waals surface area contributed by atoms with E-state index < -0.39 is 11.6 Å². The van der Waals surface area contributed by atoms with Crippen LogP contribution >= 0.6 is 0 Å². The number of piperazine rings is 1. The second-order valence-corrected chi connectivity index (χ2v) is 8.44. The summed E-state index contributed by atoms with van der Waals surface area (Å²) in [7, 11) is 1.69. The maximum Gasteiger partial charge on any atom is 0.175 e. The molecule has 160 valence electrons. The van der Waals surface area contributed by atoms with Crippen LogP contribution < -0.4 is 10.2 Å². The number of anilines is 1. The van der Waals surface area contributed by atoms with Crippen molar-refractivity contribution in [3.63, 3.8) is 0 Å². The summed E-state index contributed by atoms with van der Waals surface area (Å²) in [6.07, 6.45) is 8.21. The van der Waals surface area contributed by atoms with Gasteiger partial charge in [-0.2, -0.15) is 5.10 Å². The normalized spacial score (nSPS) is 19.9. The van der Waals surface area contributed by atoms with E-state index in [1.54, 1.807) is 13.2 Å². The molecule has 0 amide bonds. The molecule has 2 aromatic heterocycles. The van der Waals surface area contributed by atoms with Gasteiger partial charge < -0.3 is 15.3 Å². The Morgan fingerprint density at radius 1 is 1.28 bits per heavy atom. The number of aryl methyl sites for hydroxylation is 1. The van der Waals surface area contributed by atoms with Gasteiger partial charge in [0.2, 0.25) is 0 Å². The van der Waals surface area contributed by atoms with Gasteiger partial charge in [0.05, 0.1) is 10.9 Å². The molecule has 0 radical (unpaired) electrons. The summed E-state index contributed by atoms with van der Waals surface area (Å²) < 4.78 is 31.9. The number of fused-ring (bicyclic) bond motifs is 4.